The van der Waals surface area contributed by atoms with Crippen molar-refractivity contribution in [2.45, 2.75) is 33.1 Å². The van der Waals surface area contributed by atoms with Crippen LogP contribution in [0, 0.1) is 13.8 Å². The van der Waals surface area contributed by atoms with Gasteiger partial charge in [-0.3, -0.25) is 9.59 Å². The minimum absolute atomic E-state index is 0.00535. The monoisotopic (exact) mass is 408 g/mol. The number of hydrogen-bond donors (Lipinski definition) is 0. The van der Waals surface area contributed by atoms with Gasteiger partial charge in [0.15, 0.2) is 12.4 Å². The van der Waals surface area contributed by atoms with Crippen LogP contribution in [-0.4, -0.2) is 27.7 Å². The smallest absolute Gasteiger partial charge is 0.202 e. The van der Waals surface area contributed by atoms with Crippen molar-refractivity contribution in [1.29, 1.82) is 0 Å². The van der Waals surface area contributed by atoms with E-state index in [1.165, 1.54) is 0 Å². The molecule has 0 saturated carbocycles. The van der Waals surface area contributed by atoms with Crippen LogP contribution in [0.3, 0.4) is 0 Å². The number of carbonyl (C=O) groups is 2. The first-order chi connectivity index (χ1) is 13.9. The number of halogens is 1. The van der Waals surface area contributed by atoms with Crippen LogP contribution >= 0.6 is 11.6 Å². The van der Waals surface area contributed by atoms with Gasteiger partial charge < -0.3 is 9.30 Å². The average molecular weight is 409 g/mol. The van der Waals surface area contributed by atoms with Crippen molar-refractivity contribution in [3.63, 3.8) is 0 Å². The van der Waals surface area contributed by atoms with Gasteiger partial charge in [0, 0.05) is 34.6 Å². The quantitative estimate of drug-likeness (QED) is 0.551. The van der Waals surface area contributed by atoms with Gasteiger partial charge in [-0.2, -0.15) is 0 Å². The van der Waals surface area contributed by atoms with Crippen LogP contribution in [0.15, 0.2) is 42.6 Å². The van der Waals surface area contributed by atoms with Crippen molar-refractivity contribution < 1.29 is 14.3 Å². The molecule has 1 aliphatic rings. The molecule has 0 unspecified atom stereocenters. The fourth-order valence-electron chi connectivity index (χ4n) is 4.05. The van der Waals surface area contributed by atoms with Crippen molar-refractivity contribution in [1.82, 2.24) is 9.55 Å². The number of fused-ring (bicyclic) bond motifs is 1. The maximum Gasteiger partial charge on any atom is 0.202 e. The molecule has 0 fully saturated rings. The van der Waals surface area contributed by atoms with Crippen LogP contribution in [0.4, 0.5) is 0 Å². The van der Waals surface area contributed by atoms with Crippen LogP contribution < -0.4 is 4.74 Å². The van der Waals surface area contributed by atoms with Crippen LogP contribution in [0.25, 0.3) is 5.82 Å². The first-order valence-electron chi connectivity index (χ1n) is 9.50. The molecule has 0 bridgehead atoms. The Morgan fingerprint density at radius 3 is 2.79 bits per heavy atom. The van der Waals surface area contributed by atoms with Gasteiger partial charge in [-0.25, -0.2) is 4.98 Å². The van der Waals surface area contributed by atoms with Gasteiger partial charge in [-0.05, 0) is 55.7 Å². The lowest BCUT2D eigenvalue weighted by Gasteiger charge is -2.12. The first kappa shape index (κ1) is 19.4. The molecular formula is C23H21ClN2O3. The van der Waals surface area contributed by atoms with E-state index in [9.17, 15) is 9.59 Å². The molecule has 1 atom stereocenters. The number of rotatable bonds is 5. The summed E-state index contributed by atoms with van der Waals surface area (Å²) in [5.74, 6) is 1.10. The summed E-state index contributed by atoms with van der Waals surface area (Å²) in [6.07, 6.45) is 2.13. The third-order valence-corrected chi connectivity index (χ3v) is 5.72. The summed E-state index contributed by atoms with van der Waals surface area (Å²) in [6, 6.07) is 10.9. The highest BCUT2D eigenvalue weighted by Gasteiger charge is 2.32. The molecule has 3 aromatic rings. The molecule has 4 rings (SSSR count). The van der Waals surface area contributed by atoms with Crippen LogP contribution in [0.2, 0.25) is 5.02 Å². The Bertz CT molecular complexity index is 1120. The topological polar surface area (TPSA) is 61.2 Å². The molecule has 0 amide bonds. The summed E-state index contributed by atoms with van der Waals surface area (Å²) in [6.45, 7) is 5.64. The molecule has 6 heteroatoms. The zero-order chi connectivity index (χ0) is 20.7. The Labute approximate surface area is 174 Å². The summed E-state index contributed by atoms with van der Waals surface area (Å²) in [4.78, 5) is 29.6. The third-order valence-electron chi connectivity index (χ3n) is 5.39. The van der Waals surface area contributed by atoms with E-state index in [2.05, 4.69) is 4.98 Å². The highest BCUT2D eigenvalue weighted by atomic mass is 35.5. The Balaban J connectivity index is 1.59. The molecule has 1 aliphatic carbocycles. The maximum absolute atomic E-state index is 12.9. The Kier molecular flexibility index (Phi) is 5.01. The van der Waals surface area contributed by atoms with E-state index in [0.717, 1.165) is 22.8 Å². The van der Waals surface area contributed by atoms with Gasteiger partial charge in [-0.1, -0.05) is 24.6 Å². The van der Waals surface area contributed by atoms with Gasteiger partial charge in [0.2, 0.25) is 5.78 Å². The van der Waals surface area contributed by atoms with E-state index in [-0.39, 0.29) is 24.1 Å². The second kappa shape index (κ2) is 7.48. The Morgan fingerprint density at radius 1 is 1.28 bits per heavy atom. The first-order valence-corrected chi connectivity index (χ1v) is 9.88. The van der Waals surface area contributed by atoms with E-state index in [1.807, 2.05) is 49.6 Å². The highest BCUT2D eigenvalue weighted by molar-refractivity contribution is 6.32. The molecule has 0 saturated heterocycles. The number of nitrogens with zero attached hydrogens (tertiary/aromatic N) is 2. The summed E-state index contributed by atoms with van der Waals surface area (Å²) >= 11 is 6.28. The number of pyridine rings is 1. The average Bonchev–Trinajstić information content (AvgIpc) is 3.17. The number of aryl methyl sites for hydroxylation is 1. The molecule has 2 aromatic heterocycles. The molecule has 29 heavy (non-hydrogen) atoms. The lowest BCUT2D eigenvalue weighted by Crippen LogP contribution is -2.14. The van der Waals surface area contributed by atoms with E-state index < -0.39 is 0 Å². The number of ether oxygens (including phenoxy) is 1. The molecule has 0 radical (unpaired) electrons. The van der Waals surface area contributed by atoms with Crippen molar-refractivity contribution >= 4 is 23.2 Å². The predicted molar refractivity (Wildman–Crippen MR) is 112 cm³/mol. The molecule has 0 aliphatic heterocycles. The summed E-state index contributed by atoms with van der Waals surface area (Å²) < 4.78 is 7.74. The van der Waals surface area contributed by atoms with Crippen LogP contribution in [0.1, 0.15) is 56.9 Å². The van der Waals surface area contributed by atoms with Crippen molar-refractivity contribution in [3.8, 4) is 11.6 Å². The highest BCUT2D eigenvalue weighted by Crippen LogP contribution is 2.42. The van der Waals surface area contributed by atoms with Gasteiger partial charge in [0.1, 0.15) is 11.6 Å². The number of Topliss-reactive ketones (excluding diaryl/α,β-unsaturated/α-hetero) is 2. The van der Waals surface area contributed by atoms with E-state index in [0.29, 0.717) is 28.3 Å². The van der Waals surface area contributed by atoms with Gasteiger partial charge in [0.05, 0.1) is 5.56 Å². The lowest BCUT2D eigenvalue weighted by atomic mass is 10.0. The largest absolute Gasteiger partial charge is 0.485 e. The maximum atomic E-state index is 12.9. The summed E-state index contributed by atoms with van der Waals surface area (Å²) in [7, 11) is 0. The fourth-order valence-corrected chi connectivity index (χ4v) is 4.39. The summed E-state index contributed by atoms with van der Waals surface area (Å²) in [5, 5.41) is 0.566. The normalized spacial score (nSPS) is 15.4. The second-order valence-electron chi connectivity index (χ2n) is 7.38. The molecule has 1 aromatic carbocycles. The number of ketones is 2. The standard InChI is InChI=1S/C23H21ClN2O3/c1-13-10-18(27)23-20(8-7-17(24)22(13)23)29-12-19(28)16-11-14(2)26(15(16)3)21-6-4-5-9-25-21/h4-9,11,13H,10,12H2,1-3H3/t13-/m0/s1. The van der Waals surface area contributed by atoms with Crippen LogP contribution in [0.5, 0.6) is 5.75 Å². The molecular weight excluding hydrogens is 388 g/mol. The van der Waals surface area contributed by atoms with Gasteiger partial charge in [0.25, 0.3) is 0 Å². The number of aromatic nitrogens is 2. The van der Waals surface area contributed by atoms with E-state index >= 15 is 0 Å². The van der Waals surface area contributed by atoms with Gasteiger partial charge >= 0.3 is 0 Å². The van der Waals surface area contributed by atoms with Crippen molar-refractivity contribution in [2.24, 2.45) is 0 Å². The minimum Gasteiger partial charge on any atom is -0.485 e. The third kappa shape index (κ3) is 3.36. The van der Waals surface area contributed by atoms with E-state index in [4.69, 9.17) is 16.3 Å². The predicted octanol–water partition coefficient (Wildman–Crippen LogP) is 5.09. The van der Waals surface area contributed by atoms with Gasteiger partial charge in [-0.15, -0.1) is 0 Å². The molecule has 5 nitrogen and oxygen atoms in total. The molecule has 2 heterocycles. The molecule has 0 N–H and O–H groups in total. The minimum atomic E-state index is -0.151. The van der Waals surface area contributed by atoms with Crippen LogP contribution in [-0.2, 0) is 0 Å². The lowest BCUT2D eigenvalue weighted by molar-refractivity contribution is 0.0911. The number of hydrogen-bond acceptors (Lipinski definition) is 4. The fraction of sp³-hybridized carbons (Fsp3) is 0.261. The Morgan fingerprint density at radius 2 is 2.07 bits per heavy atom. The molecule has 148 valence electrons. The SMILES string of the molecule is Cc1cc(C(=O)COc2ccc(Cl)c3c2C(=O)C[C@@H]3C)c(C)n1-c1ccccn1. The summed E-state index contributed by atoms with van der Waals surface area (Å²) in [5.41, 5.74) is 3.63. The second-order valence-corrected chi connectivity index (χ2v) is 7.79. The molecule has 0 spiro atoms. The van der Waals surface area contributed by atoms with E-state index in [1.54, 1.807) is 18.3 Å². The van der Waals surface area contributed by atoms with Crippen molar-refractivity contribution in [3.05, 3.63) is 75.7 Å². The van der Waals surface area contributed by atoms with Crippen molar-refractivity contribution in [2.75, 3.05) is 6.61 Å². The number of carbonyl (C=O) groups excluding carboxylic acids is 2. The number of benzene rings is 1. The Hall–Kier alpha value is -2.92. The zero-order valence-corrected chi connectivity index (χ0v) is 17.3. The zero-order valence-electron chi connectivity index (χ0n) is 16.5.